The normalized spacial score (nSPS) is 31.5. The first-order valence-corrected chi connectivity index (χ1v) is 11.4. The van der Waals surface area contributed by atoms with Crippen molar-refractivity contribution in [1.29, 1.82) is 0 Å². The number of benzene rings is 1. The van der Waals surface area contributed by atoms with Crippen LogP contribution in [-0.4, -0.2) is 61.8 Å². The number of aromatic nitrogens is 2. The van der Waals surface area contributed by atoms with E-state index in [1.807, 2.05) is 4.98 Å². The van der Waals surface area contributed by atoms with Gasteiger partial charge in [-0.25, -0.2) is 13.8 Å². The minimum absolute atomic E-state index is 0.0920. The first-order valence-electron chi connectivity index (χ1n) is 9.94. The van der Waals surface area contributed by atoms with Crippen LogP contribution in [0.1, 0.15) is 22.3 Å². The number of phosphoric acid groups is 1. The molecule has 0 saturated carbocycles. The third kappa shape index (κ3) is 3.93. The molecule has 1 fully saturated rings. The topological polar surface area (TPSA) is 146 Å². The van der Waals surface area contributed by atoms with Crippen molar-refractivity contribution < 1.29 is 37.2 Å². The number of aromatic amines is 1. The maximum Gasteiger partial charge on any atom is 0.529 e. The molecule has 1 unspecified atom stereocenters. The summed E-state index contributed by atoms with van der Waals surface area (Å²) in [5, 5.41) is 8.66. The van der Waals surface area contributed by atoms with E-state index in [1.165, 1.54) is 23.5 Å². The van der Waals surface area contributed by atoms with Crippen LogP contribution in [0.5, 0.6) is 5.75 Å². The molecule has 2 N–H and O–H groups in total. The van der Waals surface area contributed by atoms with Crippen LogP contribution in [0.3, 0.4) is 0 Å². The fraction of sp³-hybridized carbons (Fsp3) is 0.353. The van der Waals surface area contributed by atoms with E-state index >= 15 is 4.39 Å². The van der Waals surface area contributed by atoms with Crippen molar-refractivity contribution in [3.63, 3.8) is 0 Å². The quantitative estimate of drug-likeness (QED) is 0.275. The molecule has 2 aromatic rings. The van der Waals surface area contributed by atoms with Crippen molar-refractivity contribution in [1.82, 2.24) is 9.55 Å². The van der Waals surface area contributed by atoms with Crippen LogP contribution in [0, 0.1) is 0 Å². The molecule has 0 amide bonds. The first kappa shape index (κ1) is 23.7. The molecule has 0 aliphatic carbocycles. The number of halogens is 1. The molecule has 4 atom stereocenters. The van der Waals surface area contributed by atoms with Crippen LogP contribution in [-0.2, 0) is 30.6 Å². The highest BCUT2D eigenvalue weighted by Crippen LogP contribution is 2.59. The smallest absolute Gasteiger partial charge is 0.404 e. The van der Waals surface area contributed by atoms with E-state index in [0.717, 1.165) is 6.20 Å². The molecular formula is C17H19B3FN2O9P. The summed E-state index contributed by atoms with van der Waals surface area (Å²) in [5.41, 5.74) is -3.81. The van der Waals surface area contributed by atoms with Gasteiger partial charge in [0.25, 0.3) is 5.56 Å². The van der Waals surface area contributed by atoms with E-state index in [2.05, 4.69) is 0 Å². The predicted octanol–water partition coefficient (Wildman–Crippen LogP) is -2.31. The van der Waals surface area contributed by atoms with Crippen molar-refractivity contribution in [3.05, 3.63) is 62.4 Å². The fourth-order valence-electron chi connectivity index (χ4n) is 3.75. The fourth-order valence-corrected chi connectivity index (χ4v) is 5.31. The summed E-state index contributed by atoms with van der Waals surface area (Å²) in [6.07, 6.45) is -1.25. The number of ether oxygens (including phenoxy) is 1. The minimum atomic E-state index is -4.29. The molecule has 172 valence electrons. The summed E-state index contributed by atoms with van der Waals surface area (Å²) < 4.78 is 51.6. The molecule has 3 heterocycles. The zero-order valence-corrected chi connectivity index (χ0v) is 18.8. The van der Waals surface area contributed by atoms with Crippen molar-refractivity contribution in [2.24, 2.45) is 0 Å². The molecule has 1 aromatic heterocycles. The molecule has 11 nitrogen and oxygen atoms in total. The standard InChI is InChI=1S/C17H19B3FN2O9P/c18-16(23-6-10(7-24)13(26)22-14(23)27)12(25)5-15(21,31-16)17(19,20)32-33(28)29-8-9-3-1-2-4-11(9)30-33/h1-4,6-7,12,25H,5,8,18-20H2,(H,22,26,27)/t12-,15+,16+,33?/m1/s1. The van der Waals surface area contributed by atoms with E-state index in [-0.39, 0.29) is 18.6 Å². The Morgan fingerprint density at radius 2 is 2.06 bits per heavy atom. The zero-order chi connectivity index (χ0) is 24.2. The zero-order valence-electron chi connectivity index (χ0n) is 17.9. The summed E-state index contributed by atoms with van der Waals surface area (Å²) in [7, 11) is -0.631. The molecule has 0 spiro atoms. The second-order valence-corrected chi connectivity index (χ2v) is 9.98. The second-order valence-electron chi connectivity index (χ2n) is 8.46. The van der Waals surface area contributed by atoms with Crippen LogP contribution < -0.4 is 15.8 Å². The number of carbonyl (C=O) groups excluding carboxylic acids is 1. The van der Waals surface area contributed by atoms with E-state index < -0.39 is 54.0 Å². The lowest BCUT2D eigenvalue weighted by atomic mass is 9.60. The number of para-hydroxylation sites is 1. The van der Waals surface area contributed by atoms with Crippen LogP contribution in [0.2, 0.25) is 0 Å². The van der Waals surface area contributed by atoms with Gasteiger partial charge >= 0.3 is 13.5 Å². The molecule has 1 saturated heterocycles. The Morgan fingerprint density at radius 1 is 1.36 bits per heavy atom. The Labute approximate surface area is 189 Å². The lowest BCUT2D eigenvalue weighted by Gasteiger charge is -2.40. The highest BCUT2D eigenvalue weighted by molar-refractivity contribution is 7.49. The number of H-pyrrole nitrogens is 1. The van der Waals surface area contributed by atoms with Crippen molar-refractivity contribution in [3.8, 4) is 5.75 Å². The van der Waals surface area contributed by atoms with Gasteiger partial charge in [-0.05, 0) is 6.07 Å². The number of nitrogens with zero attached hydrogens (tertiary/aromatic N) is 1. The molecular weight excluding hydrogens is 459 g/mol. The Kier molecular flexibility index (Phi) is 5.61. The lowest BCUT2D eigenvalue weighted by molar-refractivity contribution is -0.219. The van der Waals surface area contributed by atoms with Gasteiger partial charge in [0.15, 0.2) is 14.1 Å². The van der Waals surface area contributed by atoms with Crippen LogP contribution in [0.25, 0.3) is 0 Å². The average molecular weight is 478 g/mol. The number of phosphoric ester groups is 1. The van der Waals surface area contributed by atoms with E-state index in [1.54, 1.807) is 24.3 Å². The minimum Gasteiger partial charge on any atom is -0.404 e. The molecule has 33 heavy (non-hydrogen) atoms. The monoisotopic (exact) mass is 478 g/mol. The third-order valence-corrected chi connectivity index (χ3v) is 7.36. The number of hydrogen-bond donors (Lipinski definition) is 2. The molecule has 2 aliphatic heterocycles. The molecule has 2 aliphatic rings. The van der Waals surface area contributed by atoms with Gasteiger partial charge in [0, 0.05) is 18.2 Å². The summed E-state index contributed by atoms with van der Waals surface area (Å²) in [6.45, 7) is -0.0920. The van der Waals surface area contributed by atoms with Crippen molar-refractivity contribution in [2.75, 3.05) is 0 Å². The number of alkyl halides is 1. The van der Waals surface area contributed by atoms with Gasteiger partial charge in [0.1, 0.15) is 27.1 Å². The molecule has 0 radical (unpaired) electrons. The van der Waals surface area contributed by atoms with Gasteiger partial charge < -0.3 is 14.4 Å². The first-order chi connectivity index (χ1) is 15.3. The van der Waals surface area contributed by atoms with Crippen molar-refractivity contribution in [2.45, 2.75) is 36.0 Å². The number of aldehydes is 1. The molecule has 1 aromatic carbocycles. The molecule has 4 rings (SSSR count). The Balaban J connectivity index is 1.65. The van der Waals surface area contributed by atoms with Crippen LogP contribution in [0.4, 0.5) is 4.39 Å². The van der Waals surface area contributed by atoms with Crippen molar-refractivity contribution >= 4 is 37.6 Å². The highest BCUT2D eigenvalue weighted by Gasteiger charge is 2.63. The lowest BCUT2D eigenvalue weighted by Crippen LogP contribution is -2.56. The number of aliphatic hydroxyl groups is 1. The van der Waals surface area contributed by atoms with Gasteiger partial charge in [-0.2, -0.15) is 0 Å². The number of hydrogen-bond acceptors (Lipinski definition) is 9. The number of carbonyl (C=O) groups is 1. The summed E-state index contributed by atoms with van der Waals surface area (Å²) in [5.74, 6) is -2.53. The summed E-state index contributed by atoms with van der Waals surface area (Å²) in [6, 6.07) is 6.67. The largest absolute Gasteiger partial charge is 0.529 e. The number of aliphatic hydroxyl groups excluding tert-OH is 1. The second kappa shape index (κ2) is 7.81. The highest BCUT2D eigenvalue weighted by atomic mass is 31.2. The van der Waals surface area contributed by atoms with E-state index in [0.29, 0.717) is 10.1 Å². The average Bonchev–Trinajstić information content (AvgIpc) is 2.97. The maximum absolute atomic E-state index is 16.1. The SMILES string of the molecule is BC(B)(OP1(=O)OCc2ccccc2O1)[C@]1(F)C[C@@H](O)[C@](B)(n2cc(C=O)c(=O)[nH]c2=O)O1. The number of nitrogens with one attached hydrogen (secondary N) is 1. The Morgan fingerprint density at radius 3 is 2.76 bits per heavy atom. The van der Waals surface area contributed by atoms with Gasteiger partial charge in [-0.1, -0.05) is 18.2 Å². The van der Waals surface area contributed by atoms with Crippen LogP contribution in [0.15, 0.2) is 40.1 Å². The van der Waals surface area contributed by atoms with Crippen LogP contribution >= 0.6 is 7.82 Å². The number of fused-ring (bicyclic) bond motifs is 1. The van der Waals surface area contributed by atoms with Gasteiger partial charge in [-0.3, -0.25) is 28.2 Å². The number of rotatable bonds is 5. The van der Waals surface area contributed by atoms with E-state index in [9.17, 15) is 24.1 Å². The predicted molar refractivity (Wildman–Crippen MR) is 119 cm³/mol. The Hall–Kier alpha value is -2.44. The molecule has 16 heteroatoms. The third-order valence-electron chi connectivity index (χ3n) is 5.82. The Bertz CT molecular complexity index is 1290. The van der Waals surface area contributed by atoms with Gasteiger partial charge in [-0.15, -0.1) is 0 Å². The maximum atomic E-state index is 16.1. The molecule has 0 bridgehead atoms. The van der Waals surface area contributed by atoms with E-state index in [4.69, 9.17) is 18.3 Å². The summed E-state index contributed by atoms with van der Waals surface area (Å²) in [4.78, 5) is 37.1. The summed E-state index contributed by atoms with van der Waals surface area (Å²) >= 11 is 0. The van der Waals surface area contributed by atoms with Gasteiger partial charge in [0.05, 0.1) is 23.7 Å². The van der Waals surface area contributed by atoms with Gasteiger partial charge in [0.2, 0.25) is 5.85 Å².